The van der Waals surface area contributed by atoms with Crippen LogP contribution in [0, 0.1) is 11.3 Å². The van der Waals surface area contributed by atoms with E-state index < -0.39 is 5.97 Å². The predicted molar refractivity (Wildman–Crippen MR) is 148 cm³/mol. The summed E-state index contributed by atoms with van der Waals surface area (Å²) in [7, 11) is 0. The molecule has 0 bridgehead atoms. The molecular weight excluding hydrogens is 432 g/mol. The van der Waals surface area contributed by atoms with Gasteiger partial charge in [-0.05, 0) is 57.3 Å². The molecule has 0 aliphatic rings. The summed E-state index contributed by atoms with van der Waals surface area (Å²) >= 11 is 0. The first-order valence-electron chi connectivity index (χ1n) is 14.7. The van der Waals surface area contributed by atoms with Crippen molar-refractivity contribution >= 4 is 5.97 Å². The Labute approximate surface area is 218 Å². The van der Waals surface area contributed by atoms with Crippen molar-refractivity contribution in [3.63, 3.8) is 0 Å². The molecule has 0 spiro atoms. The normalized spacial score (nSPS) is 12.8. The zero-order valence-electron chi connectivity index (χ0n) is 24.8. The quantitative estimate of drug-likeness (QED) is 0.155. The van der Waals surface area contributed by atoms with Crippen LogP contribution < -0.4 is 9.67 Å². The van der Waals surface area contributed by atoms with Crippen LogP contribution in [0.15, 0.2) is 18.7 Å². The summed E-state index contributed by atoms with van der Waals surface area (Å²) in [4.78, 5) is 10.3. The van der Waals surface area contributed by atoms with Gasteiger partial charge in [-0.1, -0.05) is 106 Å². The smallest absolute Gasteiger partial charge is 0.244 e. The maximum absolute atomic E-state index is 10.3. The second kappa shape index (κ2) is 18.9. The molecule has 1 rings (SSSR count). The van der Waals surface area contributed by atoms with Crippen molar-refractivity contribution in [2.24, 2.45) is 11.3 Å². The first kappa shape index (κ1) is 33.7. The van der Waals surface area contributed by atoms with Crippen molar-refractivity contribution in [3.05, 3.63) is 18.7 Å². The van der Waals surface area contributed by atoms with E-state index in [1.54, 1.807) is 0 Å². The number of aryl methyl sites for hydroxylation is 1. The lowest BCUT2D eigenvalue weighted by Crippen LogP contribution is -2.35. The molecule has 206 valence electrons. The van der Waals surface area contributed by atoms with Gasteiger partial charge in [-0.3, -0.25) is 0 Å². The van der Waals surface area contributed by atoms with Gasteiger partial charge in [0, 0.05) is 5.97 Å². The number of hydrogen-bond donors (Lipinski definition) is 0. The number of aliphatic carboxylic acids is 1. The molecule has 1 aromatic rings. The molecule has 35 heavy (non-hydrogen) atoms. The van der Waals surface area contributed by atoms with Crippen molar-refractivity contribution in [1.82, 2.24) is 4.57 Å². The minimum atomic E-state index is -0.893. The number of unbranched alkanes of at least 4 members (excludes halogenated alkanes) is 10. The molecular formula is C31H60N2O2. The molecule has 0 amide bonds. The molecule has 0 aliphatic carbocycles. The SMILES string of the molecule is CCCCC(CC)C(=O)[O-].CCCCCCCCCCCC[n+]1ccn(C(C)(C)CC(C)(C)C)c1. The minimum absolute atomic E-state index is 0.182. The third-order valence-corrected chi connectivity index (χ3v) is 6.86. The van der Waals surface area contributed by atoms with Crippen LogP contribution in [-0.4, -0.2) is 10.5 Å². The number of rotatable bonds is 18. The van der Waals surface area contributed by atoms with E-state index in [-0.39, 0.29) is 11.5 Å². The first-order valence-corrected chi connectivity index (χ1v) is 14.7. The zero-order chi connectivity index (χ0) is 26.7. The van der Waals surface area contributed by atoms with E-state index in [1.165, 1.54) is 70.6 Å². The second-order valence-corrected chi connectivity index (χ2v) is 12.4. The van der Waals surface area contributed by atoms with Gasteiger partial charge < -0.3 is 9.90 Å². The molecule has 1 heterocycles. The molecule has 0 aromatic carbocycles. The van der Waals surface area contributed by atoms with Crippen LogP contribution in [0.3, 0.4) is 0 Å². The zero-order valence-corrected chi connectivity index (χ0v) is 24.8. The van der Waals surface area contributed by atoms with Crippen molar-refractivity contribution < 1.29 is 14.5 Å². The fraction of sp³-hybridized carbons (Fsp3) is 0.871. The molecule has 1 atom stereocenters. The molecule has 0 aliphatic heterocycles. The molecule has 0 radical (unpaired) electrons. The summed E-state index contributed by atoms with van der Waals surface area (Å²) in [6.45, 7) is 19.1. The third kappa shape index (κ3) is 17.7. The van der Waals surface area contributed by atoms with E-state index >= 15 is 0 Å². The number of nitrogens with zero attached hydrogens (tertiary/aromatic N) is 2. The van der Waals surface area contributed by atoms with Crippen LogP contribution in [0.1, 0.15) is 152 Å². The summed E-state index contributed by atoms with van der Waals surface area (Å²) in [5, 5.41) is 10.3. The van der Waals surface area contributed by atoms with Gasteiger partial charge in [-0.15, -0.1) is 0 Å². The summed E-state index contributed by atoms with van der Waals surface area (Å²) in [6.07, 6.45) is 25.6. The lowest BCUT2D eigenvalue weighted by atomic mass is 9.82. The monoisotopic (exact) mass is 492 g/mol. The van der Waals surface area contributed by atoms with Crippen molar-refractivity contribution in [1.29, 1.82) is 0 Å². The van der Waals surface area contributed by atoms with E-state index in [9.17, 15) is 9.90 Å². The Morgan fingerprint density at radius 2 is 1.34 bits per heavy atom. The Hall–Kier alpha value is -1.32. The van der Waals surface area contributed by atoms with E-state index in [0.29, 0.717) is 11.8 Å². The molecule has 1 unspecified atom stereocenters. The molecule has 4 nitrogen and oxygen atoms in total. The van der Waals surface area contributed by atoms with Gasteiger partial charge >= 0.3 is 0 Å². The molecule has 0 N–H and O–H groups in total. The van der Waals surface area contributed by atoms with Gasteiger partial charge in [0.05, 0.1) is 6.54 Å². The summed E-state index contributed by atoms with van der Waals surface area (Å²) in [6, 6.07) is 0. The van der Waals surface area contributed by atoms with Crippen LogP contribution >= 0.6 is 0 Å². The number of imidazole rings is 1. The van der Waals surface area contributed by atoms with Gasteiger partial charge in [0.25, 0.3) is 0 Å². The molecule has 0 saturated carbocycles. The Bertz CT molecular complexity index is 643. The summed E-state index contributed by atoms with van der Waals surface area (Å²) in [5.74, 6) is -1.11. The average molecular weight is 493 g/mol. The van der Waals surface area contributed by atoms with Gasteiger partial charge in [0.1, 0.15) is 17.9 Å². The second-order valence-electron chi connectivity index (χ2n) is 12.4. The number of aromatic nitrogens is 2. The van der Waals surface area contributed by atoms with Gasteiger partial charge in [0.15, 0.2) is 0 Å². The van der Waals surface area contributed by atoms with Crippen molar-refractivity contribution in [3.8, 4) is 0 Å². The van der Waals surface area contributed by atoms with Crippen LogP contribution in [0.4, 0.5) is 0 Å². The maximum atomic E-state index is 10.3. The number of carbonyl (C=O) groups is 1. The summed E-state index contributed by atoms with van der Waals surface area (Å²) in [5.41, 5.74) is 0.538. The number of hydrogen-bond acceptors (Lipinski definition) is 2. The molecule has 1 aromatic heterocycles. The van der Waals surface area contributed by atoms with Crippen LogP contribution in [0.25, 0.3) is 0 Å². The third-order valence-electron chi connectivity index (χ3n) is 6.86. The number of carbonyl (C=O) groups excluding carboxylic acids is 1. The highest BCUT2D eigenvalue weighted by atomic mass is 16.4. The van der Waals surface area contributed by atoms with Gasteiger partial charge in [0.2, 0.25) is 6.33 Å². The van der Waals surface area contributed by atoms with Gasteiger partial charge in [-0.2, -0.15) is 0 Å². The lowest BCUT2D eigenvalue weighted by Gasteiger charge is -2.29. The predicted octanol–water partition coefficient (Wildman–Crippen LogP) is 7.82. The molecule has 0 saturated heterocycles. The highest BCUT2D eigenvalue weighted by molar-refractivity contribution is 5.67. The lowest BCUT2D eigenvalue weighted by molar-refractivity contribution is -0.697. The van der Waals surface area contributed by atoms with Crippen LogP contribution in [0.5, 0.6) is 0 Å². The van der Waals surface area contributed by atoms with Crippen LogP contribution in [0.2, 0.25) is 0 Å². The fourth-order valence-electron chi connectivity index (χ4n) is 4.99. The average Bonchev–Trinajstić information content (AvgIpc) is 3.24. The van der Waals surface area contributed by atoms with E-state index in [0.717, 1.165) is 25.8 Å². The standard InChI is InChI=1S/C23H45N2.C8H16O2/c1-7-8-9-10-11-12-13-14-15-16-17-24-18-19-25(21-24)23(5,6)20-22(2,3)4;1-3-5-6-7(4-2)8(9)10/h18-19,21H,7-17,20H2,1-6H3;7H,3-6H2,1-2H3,(H,9,10)/q+1;/p-1. The highest BCUT2D eigenvalue weighted by Crippen LogP contribution is 2.31. The Morgan fingerprint density at radius 1 is 0.829 bits per heavy atom. The van der Waals surface area contributed by atoms with Gasteiger partial charge in [-0.25, -0.2) is 9.13 Å². The largest absolute Gasteiger partial charge is 0.550 e. The van der Waals surface area contributed by atoms with Crippen molar-refractivity contribution in [2.45, 2.75) is 164 Å². The Kier molecular flexibility index (Phi) is 18.2. The maximum Gasteiger partial charge on any atom is 0.244 e. The topological polar surface area (TPSA) is 48.9 Å². The first-order chi connectivity index (χ1) is 16.5. The fourth-order valence-corrected chi connectivity index (χ4v) is 4.99. The summed E-state index contributed by atoms with van der Waals surface area (Å²) < 4.78 is 4.77. The van der Waals surface area contributed by atoms with E-state index in [4.69, 9.17) is 0 Å². The minimum Gasteiger partial charge on any atom is -0.550 e. The van der Waals surface area contributed by atoms with E-state index in [1.807, 2.05) is 6.92 Å². The highest BCUT2D eigenvalue weighted by Gasteiger charge is 2.31. The van der Waals surface area contributed by atoms with Crippen molar-refractivity contribution in [2.75, 3.05) is 0 Å². The number of carboxylic acid groups (broad SMARTS) is 1. The molecule has 4 heteroatoms. The number of carboxylic acids is 1. The molecule has 0 fully saturated rings. The Balaban J connectivity index is 0.000000972. The Morgan fingerprint density at radius 3 is 1.80 bits per heavy atom. The van der Waals surface area contributed by atoms with Crippen LogP contribution in [-0.2, 0) is 16.9 Å². The van der Waals surface area contributed by atoms with E-state index in [2.05, 4.69) is 76.3 Å².